The second-order valence-corrected chi connectivity index (χ2v) is 3.64. The lowest BCUT2D eigenvalue weighted by molar-refractivity contribution is 0.0958. The molecule has 1 aliphatic heterocycles. The molecule has 0 radical (unpaired) electrons. The van der Waals surface area contributed by atoms with Crippen LogP contribution in [-0.4, -0.2) is 41.0 Å². The van der Waals surface area contributed by atoms with Crippen molar-refractivity contribution in [3.8, 4) is 0 Å². The fraction of sp³-hybridized carbons (Fsp3) is 0.667. The molecule has 0 atom stereocenters. The molecule has 15 heavy (non-hydrogen) atoms. The second-order valence-electron chi connectivity index (χ2n) is 3.64. The van der Waals surface area contributed by atoms with E-state index in [1.807, 2.05) is 0 Å². The highest BCUT2D eigenvalue weighted by molar-refractivity contribution is 5.91. The zero-order valence-corrected chi connectivity index (χ0v) is 8.73. The van der Waals surface area contributed by atoms with Crippen molar-refractivity contribution < 1.29 is 4.79 Å². The lowest BCUT2D eigenvalue weighted by Gasteiger charge is -2.21. The molecule has 0 unspecified atom stereocenters. The number of nitrogens with zero attached hydrogens (tertiary/aromatic N) is 3. The predicted molar refractivity (Wildman–Crippen MR) is 54.6 cm³/mol. The Morgan fingerprint density at radius 1 is 1.60 bits per heavy atom. The molecule has 2 heterocycles. The minimum absolute atomic E-state index is 0.185. The van der Waals surface area contributed by atoms with Crippen LogP contribution in [0.25, 0.3) is 0 Å². The Bertz CT molecular complexity index is 342. The van der Waals surface area contributed by atoms with E-state index in [9.17, 15) is 4.79 Å². The molecule has 0 spiro atoms. The van der Waals surface area contributed by atoms with Gasteiger partial charge in [-0.2, -0.15) is 0 Å². The minimum Gasteiger partial charge on any atom is -0.354 e. The van der Waals surface area contributed by atoms with Crippen molar-refractivity contribution in [3.63, 3.8) is 0 Å². The Morgan fingerprint density at radius 2 is 2.33 bits per heavy atom. The third kappa shape index (κ3) is 2.15. The van der Waals surface area contributed by atoms with E-state index < -0.39 is 0 Å². The van der Waals surface area contributed by atoms with Gasteiger partial charge >= 0.3 is 0 Å². The minimum atomic E-state index is -0.185. The molecule has 6 heteroatoms. The summed E-state index contributed by atoms with van der Waals surface area (Å²) in [6, 6.07) is 0.372. The molecular weight excluding hydrogens is 194 g/mol. The van der Waals surface area contributed by atoms with Crippen LogP contribution in [0.2, 0.25) is 0 Å². The smallest absolute Gasteiger partial charge is 0.273 e. The summed E-state index contributed by atoms with van der Waals surface area (Å²) in [6.45, 7) is 2.00. The van der Waals surface area contributed by atoms with Gasteiger partial charge in [0.05, 0.1) is 12.2 Å². The van der Waals surface area contributed by atoms with E-state index in [2.05, 4.69) is 20.9 Å². The maximum atomic E-state index is 11.3. The number of amides is 1. The normalized spacial score (nSPS) is 17.7. The fourth-order valence-corrected chi connectivity index (χ4v) is 1.76. The molecule has 1 amide bonds. The van der Waals surface area contributed by atoms with Gasteiger partial charge in [0.2, 0.25) is 0 Å². The van der Waals surface area contributed by atoms with E-state index >= 15 is 0 Å². The van der Waals surface area contributed by atoms with Crippen LogP contribution in [0, 0.1) is 0 Å². The molecular formula is C9H15N5O. The van der Waals surface area contributed by atoms with Crippen molar-refractivity contribution in [1.29, 1.82) is 0 Å². The summed E-state index contributed by atoms with van der Waals surface area (Å²) in [5.74, 6) is -0.185. The molecule has 2 rings (SSSR count). The van der Waals surface area contributed by atoms with Crippen molar-refractivity contribution in [2.45, 2.75) is 18.9 Å². The SMILES string of the molecule is CNC(=O)c1cn(C2CCNCC2)nn1. The first-order valence-corrected chi connectivity index (χ1v) is 5.16. The molecule has 2 N–H and O–H groups in total. The van der Waals surface area contributed by atoms with E-state index in [0.29, 0.717) is 11.7 Å². The van der Waals surface area contributed by atoms with Crippen molar-refractivity contribution in [2.24, 2.45) is 0 Å². The number of carbonyl (C=O) groups is 1. The zero-order chi connectivity index (χ0) is 10.7. The molecule has 1 aromatic rings. The van der Waals surface area contributed by atoms with Gasteiger partial charge in [-0.3, -0.25) is 4.79 Å². The van der Waals surface area contributed by atoms with Gasteiger partial charge in [0.1, 0.15) is 0 Å². The van der Waals surface area contributed by atoms with E-state index in [-0.39, 0.29) is 5.91 Å². The van der Waals surface area contributed by atoms with Gasteiger partial charge in [-0.1, -0.05) is 5.21 Å². The summed E-state index contributed by atoms with van der Waals surface area (Å²) in [7, 11) is 1.59. The third-order valence-corrected chi connectivity index (χ3v) is 2.65. The van der Waals surface area contributed by atoms with Gasteiger partial charge in [0, 0.05) is 7.05 Å². The number of hydrogen-bond acceptors (Lipinski definition) is 4. The monoisotopic (exact) mass is 209 g/mol. The molecule has 1 aliphatic rings. The number of hydrogen-bond donors (Lipinski definition) is 2. The molecule has 1 saturated heterocycles. The standard InChI is InChI=1S/C9H15N5O/c1-10-9(15)8-6-14(13-12-8)7-2-4-11-5-3-7/h6-7,11H,2-5H2,1H3,(H,10,15). The highest BCUT2D eigenvalue weighted by atomic mass is 16.1. The van der Waals surface area contributed by atoms with Crippen LogP contribution in [-0.2, 0) is 0 Å². The van der Waals surface area contributed by atoms with E-state index in [0.717, 1.165) is 25.9 Å². The summed E-state index contributed by atoms with van der Waals surface area (Å²) in [6.07, 6.45) is 3.79. The highest BCUT2D eigenvalue weighted by Crippen LogP contribution is 2.16. The average Bonchev–Trinajstić information content (AvgIpc) is 2.78. The van der Waals surface area contributed by atoms with E-state index in [1.165, 1.54) is 0 Å². The fourth-order valence-electron chi connectivity index (χ4n) is 1.76. The first-order valence-electron chi connectivity index (χ1n) is 5.16. The summed E-state index contributed by atoms with van der Waals surface area (Å²) in [4.78, 5) is 11.3. The van der Waals surface area contributed by atoms with Crippen molar-refractivity contribution in [3.05, 3.63) is 11.9 Å². The Hall–Kier alpha value is -1.43. The van der Waals surface area contributed by atoms with E-state index in [1.54, 1.807) is 17.9 Å². The predicted octanol–water partition coefficient (Wildman–Crippen LogP) is -0.438. The number of carbonyl (C=O) groups excluding carboxylic acids is 1. The van der Waals surface area contributed by atoms with Crippen molar-refractivity contribution in [1.82, 2.24) is 25.6 Å². The summed E-state index contributed by atoms with van der Waals surface area (Å²) < 4.78 is 1.80. The topological polar surface area (TPSA) is 71.8 Å². The maximum Gasteiger partial charge on any atom is 0.273 e. The first kappa shape index (κ1) is 10.1. The lowest BCUT2D eigenvalue weighted by atomic mass is 10.1. The Balaban J connectivity index is 2.08. The second kappa shape index (κ2) is 4.39. The van der Waals surface area contributed by atoms with Gasteiger partial charge in [-0.25, -0.2) is 4.68 Å². The number of rotatable bonds is 2. The highest BCUT2D eigenvalue weighted by Gasteiger charge is 2.17. The van der Waals surface area contributed by atoms with Crippen LogP contribution < -0.4 is 10.6 Å². The molecule has 82 valence electrons. The van der Waals surface area contributed by atoms with Crippen molar-refractivity contribution >= 4 is 5.91 Å². The van der Waals surface area contributed by atoms with Gasteiger partial charge in [0.25, 0.3) is 5.91 Å². The first-order chi connectivity index (χ1) is 7.31. The molecule has 0 saturated carbocycles. The largest absolute Gasteiger partial charge is 0.354 e. The zero-order valence-electron chi connectivity index (χ0n) is 8.73. The molecule has 6 nitrogen and oxygen atoms in total. The molecule has 0 aliphatic carbocycles. The van der Waals surface area contributed by atoms with Gasteiger partial charge in [-0.05, 0) is 25.9 Å². The van der Waals surface area contributed by atoms with Crippen LogP contribution in [0.15, 0.2) is 6.20 Å². The van der Waals surface area contributed by atoms with Crippen LogP contribution in [0.5, 0.6) is 0 Å². The number of aromatic nitrogens is 3. The van der Waals surface area contributed by atoms with E-state index in [4.69, 9.17) is 0 Å². The molecule has 1 fully saturated rings. The van der Waals surface area contributed by atoms with Crippen molar-refractivity contribution in [2.75, 3.05) is 20.1 Å². The number of piperidine rings is 1. The molecule has 0 aromatic carbocycles. The van der Waals surface area contributed by atoms with Gasteiger partial charge < -0.3 is 10.6 Å². The summed E-state index contributed by atoms with van der Waals surface area (Å²) >= 11 is 0. The Labute approximate surface area is 88.0 Å². The number of nitrogens with one attached hydrogen (secondary N) is 2. The van der Waals surface area contributed by atoms with Crippen LogP contribution in [0.1, 0.15) is 29.4 Å². The average molecular weight is 209 g/mol. The molecule has 0 bridgehead atoms. The third-order valence-electron chi connectivity index (χ3n) is 2.65. The quantitative estimate of drug-likeness (QED) is 0.693. The van der Waals surface area contributed by atoms with Gasteiger partial charge in [0.15, 0.2) is 5.69 Å². The van der Waals surface area contributed by atoms with Crippen LogP contribution in [0.4, 0.5) is 0 Å². The maximum absolute atomic E-state index is 11.3. The lowest BCUT2D eigenvalue weighted by Crippen LogP contribution is -2.29. The molecule has 1 aromatic heterocycles. The Kier molecular flexibility index (Phi) is 2.96. The summed E-state index contributed by atoms with van der Waals surface area (Å²) in [5.41, 5.74) is 0.385. The van der Waals surface area contributed by atoms with Crippen LogP contribution >= 0.6 is 0 Å². The Morgan fingerprint density at radius 3 is 3.00 bits per heavy atom. The van der Waals surface area contributed by atoms with Crippen LogP contribution in [0.3, 0.4) is 0 Å². The van der Waals surface area contributed by atoms with Gasteiger partial charge in [-0.15, -0.1) is 5.10 Å². The summed E-state index contributed by atoms with van der Waals surface area (Å²) in [5, 5.41) is 13.6.